The van der Waals surface area contributed by atoms with Crippen LogP contribution < -0.4 is 4.90 Å². The van der Waals surface area contributed by atoms with E-state index in [1.54, 1.807) is 0 Å². The van der Waals surface area contributed by atoms with Crippen LogP contribution in [0.2, 0.25) is 0 Å². The van der Waals surface area contributed by atoms with Crippen LogP contribution in [0, 0.1) is 6.92 Å². The summed E-state index contributed by atoms with van der Waals surface area (Å²) in [5, 5.41) is 9.57. The van der Waals surface area contributed by atoms with Crippen molar-refractivity contribution in [2.45, 2.75) is 29.9 Å². The molecule has 26 heavy (non-hydrogen) atoms. The average Bonchev–Trinajstić information content (AvgIpc) is 3.36. The zero-order valence-electron chi connectivity index (χ0n) is 14.3. The molecule has 1 aliphatic heterocycles. The normalized spacial score (nSPS) is 14.9. The monoisotopic (exact) mass is 406 g/mol. The highest BCUT2D eigenvalue weighted by molar-refractivity contribution is 7.92. The predicted octanol–water partition coefficient (Wildman–Crippen LogP) is 3.54. The van der Waals surface area contributed by atoms with Crippen LogP contribution in [0.4, 0.5) is 5.13 Å². The van der Waals surface area contributed by atoms with Crippen LogP contribution in [-0.4, -0.2) is 36.7 Å². The molecule has 0 N–H and O–H groups in total. The van der Waals surface area contributed by atoms with Gasteiger partial charge in [0.25, 0.3) is 0 Å². The minimum Gasteiger partial charge on any atom is -0.347 e. The van der Waals surface area contributed by atoms with Gasteiger partial charge < -0.3 is 4.90 Å². The lowest BCUT2D eigenvalue weighted by atomic mass is 10.2. The van der Waals surface area contributed by atoms with Gasteiger partial charge in [-0.2, -0.15) is 0 Å². The Balaban J connectivity index is 1.57. The van der Waals surface area contributed by atoms with E-state index in [-0.39, 0.29) is 10.1 Å². The molecule has 0 saturated carbocycles. The number of sulfone groups is 1. The van der Waals surface area contributed by atoms with Crippen LogP contribution in [-0.2, 0) is 15.6 Å². The maximum absolute atomic E-state index is 12.8. The van der Waals surface area contributed by atoms with Crippen molar-refractivity contribution in [1.82, 2.24) is 15.2 Å². The molecule has 4 rings (SSSR count). The molecule has 1 saturated heterocycles. The lowest BCUT2D eigenvalue weighted by Gasteiger charge is -2.10. The van der Waals surface area contributed by atoms with E-state index >= 15 is 0 Å². The molecule has 0 amide bonds. The van der Waals surface area contributed by atoms with Gasteiger partial charge in [0.05, 0.1) is 11.4 Å². The highest BCUT2D eigenvalue weighted by Gasteiger charge is 2.26. The van der Waals surface area contributed by atoms with Gasteiger partial charge in [0.1, 0.15) is 5.01 Å². The highest BCUT2D eigenvalue weighted by atomic mass is 32.2. The Hall–Kier alpha value is -1.84. The molecule has 3 heterocycles. The fourth-order valence-corrected chi connectivity index (χ4v) is 6.81. The van der Waals surface area contributed by atoms with Crippen LogP contribution in [0.3, 0.4) is 0 Å². The van der Waals surface area contributed by atoms with Crippen molar-refractivity contribution in [3.8, 4) is 10.6 Å². The van der Waals surface area contributed by atoms with Gasteiger partial charge in [-0.05, 0) is 19.8 Å². The van der Waals surface area contributed by atoms with Gasteiger partial charge in [-0.25, -0.2) is 13.4 Å². The quantitative estimate of drug-likeness (QED) is 0.645. The van der Waals surface area contributed by atoms with Gasteiger partial charge >= 0.3 is 0 Å². The molecule has 0 atom stereocenters. The van der Waals surface area contributed by atoms with E-state index in [0.29, 0.717) is 5.13 Å². The van der Waals surface area contributed by atoms with Crippen molar-refractivity contribution in [3.63, 3.8) is 0 Å². The summed E-state index contributed by atoms with van der Waals surface area (Å²) in [5.41, 5.74) is 1.75. The third kappa shape index (κ3) is 3.51. The number of hydrogen-bond acceptors (Lipinski definition) is 8. The van der Waals surface area contributed by atoms with Crippen LogP contribution in [0.15, 0.2) is 34.7 Å². The topological polar surface area (TPSA) is 76.0 Å². The largest absolute Gasteiger partial charge is 0.347 e. The number of hydrogen-bond donors (Lipinski definition) is 0. The van der Waals surface area contributed by atoms with Crippen molar-refractivity contribution in [3.05, 3.63) is 40.9 Å². The number of aromatic nitrogens is 3. The molecule has 0 bridgehead atoms. The summed E-state index contributed by atoms with van der Waals surface area (Å²) in [7, 11) is -3.52. The average molecular weight is 407 g/mol. The van der Waals surface area contributed by atoms with Crippen molar-refractivity contribution >= 4 is 37.6 Å². The summed E-state index contributed by atoms with van der Waals surface area (Å²) in [5.74, 6) is -0.0854. The number of anilines is 1. The second-order valence-electron chi connectivity index (χ2n) is 6.20. The summed E-state index contributed by atoms with van der Waals surface area (Å²) in [6.45, 7) is 3.69. The van der Waals surface area contributed by atoms with Crippen LogP contribution in [0.5, 0.6) is 0 Å². The van der Waals surface area contributed by atoms with Crippen LogP contribution >= 0.6 is 22.7 Å². The molecule has 1 fully saturated rings. The fourth-order valence-electron chi connectivity index (χ4n) is 2.86. The van der Waals surface area contributed by atoms with E-state index in [1.165, 1.54) is 22.7 Å². The van der Waals surface area contributed by atoms with Crippen LogP contribution in [0.1, 0.15) is 23.4 Å². The summed E-state index contributed by atoms with van der Waals surface area (Å²) in [4.78, 5) is 7.39. The molecule has 2 aromatic heterocycles. The van der Waals surface area contributed by atoms with Gasteiger partial charge in [0.15, 0.2) is 0 Å². The van der Waals surface area contributed by atoms with Gasteiger partial charge in [0, 0.05) is 23.5 Å². The Bertz CT molecular complexity index is 1010. The first kappa shape index (κ1) is 17.6. The summed E-state index contributed by atoms with van der Waals surface area (Å²) in [6.07, 6.45) is 2.23. The Morgan fingerprint density at radius 3 is 2.54 bits per heavy atom. The fraction of sp³-hybridized carbons (Fsp3) is 0.353. The maximum Gasteiger partial charge on any atom is 0.234 e. The van der Waals surface area contributed by atoms with Crippen LogP contribution in [0.25, 0.3) is 10.6 Å². The molecule has 0 radical (unpaired) electrons. The Kier molecular flexibility index (Phi) is 4.76. The zero-order valence-corrected chi connectivity index (χ0v) is 16.7. The maximum atomic E-state index is 12.8. The van der Waals surface area contributed by atoms with Crippen molar-refractivity contribution < 1.29 is 8.42 Å². The Morgan fingerprint density at radius 1 is 1.08 bits per heavy atom. The molecule has 6 nitrogen and oxygen atoms in total. The summed E-state index contributed by atoms with van der Waals surface area (Å²) >= 11 is 2.59. The highest BCUT2D eigenvalue weighted by Crippen LogP contribution is 2.32. The standard InChI is InChI=1S/C17H18N4O2S3/c1-12-14(24-15(18-12)13-7-3-2-4-8-13)11-26(22,23)17-20-19-16(25-17)21-9-5-6-10-21/h2-4,7-8H,5-6,9-11H2,1H3. The van der Waals surface area contributed by atoms with Crippen molar-refractivity contribution in [2.75, 3.05) is 18.0 Å². The minimum atomic E-state index is -3.52. The lowest BCUT2D eigenvalue weighted by Crippen LogP contribution is -2.17. The molecular weight excluding hydrogens is 388 g/mol. The number of nitrogens with zero attached hydrogens (tertiary/aromatic N) is 4. The smallest absolute Gasteiger partial charge is 0.234 e. The van der Waals surface area contributed by atoms with E-state index in [0.717, 1.165) is 47.1 Å². The van der Waals surface area contributed by atoms with Crippen molar-refractivity contribution in [1.29, 1.82) is 0 Å². The molecule has 1 aromatic carbocycles. The number of aryl methyl sites for hydroxylation is 1. The zero-order chi connectivity index (χ0) is 18.1. The Morgan fingerprint density at radius 2 is 1.81 bits per heavy atom. The lowest BCUT2D eigenvalue weighted by molar-refractivity contribution is 0.593. The van der Waals surface area contributed by atoms with E-state index in [9.17, 15) is 8.42 Å². The molecule has 3 aromatic rings. The first-order chi connectivity index (χ1) is 12.5. The van der Waals surface area contributed by atoms with Crippen molar-refractivity contribution in [2.24, 2.45) is 0 Å². The molecular formula is C17H18N4O2S3. The number of rotatable bonds is 5. The first-order valence-corrected chi connectivity index (χ1v) is 11.6. The van der Waals surface area contributed by atoms with Gasteiger partial charge in [-0.1, -0.05) is 41.7 Å². The molecule has 9 heteroatoms. The molecule has 136 valence electrons. The predicted molar refractivity (Wildman–Crippen MR) is 105 cm³/mol. The Labute approximate surface area is 160 Å². The van der Waals surface area contributed by atoms with E-state index in [1.807, 2.05) is 37.3 Å². The first-order valence-electron chi connectivity index (χ1n) is 8.36. The third-order valence-electron chi connectivity index (χ3n) is 4.27. The summed E-state index contributed by atoms with van der Waals surface area (Å²) in [6, 6.07) is 9.79. The number of benzene rings is 1. The van der Waals surface area contributed by atoms with E-state index in [2.05, 4.69) is 20.1 Å². The molecule has 0 spiro atoms. The van der Waals surface area contributed by atoms with Gasteiger partial charge in [-0.15, -0.1) is 21.5 Å². The number of thiazole rings is 1. The molecule has 0 aliphatic carbocycles. The second-order valence-corrected chi connectivity index (χ2v) is 10.4. The SMILES string of the molecule is Cc1nc(-c2ccccc2)sc1CS(=O)(=O)c1nnc(N2CCCC2)s1. The molecule has 0 unspecified atom stereocenters. The summed E-state index contributed by atoms with van der Waals surface area (Å²) < 4.78 is 25.7. The molecule has 1 aliphatic rings. The third-order valence-corrected chi connectivity index (χ3v) is 8.74. The van der Waals surface area contributed by atoms with Gasteiger partial charge in [-0.3, -0.25) is 0 Å². The van der Waals surface area contributed by atoms with Gasteiger partial charge in [0.2, 0.25) is 19.3 Å². The van der Waals surface area contributed by atoms with E-state index in [4.69, 9.17) is 0 Å². The van der Waals surface area contributed by atoms with E-state index < -0.39 is 9.84 Å². The minimum absolute atomic E-state index is 0.0854. The second kappa shape index (κ2) is 7.05.